The molecule has 2 aliphatic rings. The molecule has 1 N–H and O–H groups in total. The predicted octanol–water partition coefficient (Wildman–Crippen LogP) is 6.06. The molecule has 3 aromatic rings. The summed E-state index contributed by atoms with van der Waals surface area (Å²) in [5.41, 5.74) is 5.67. The summed E-state index contributed by atoms with van der Waals surface area (Å²) in [5.74, 6) is 0.523. The molecule has 36 heavy (non-hydrogen) atoms. The average molecular weight is 500 g/mol. The quantitative estimate of drug-likeness (QED) is 0.400. The van der Waals surface area contributed by atoms with Crippen LogP contribution in [0.25, 0.3) is 17.0 Å². The summed E-state index contributed by atoms with van der Waals surface area (Å²) in [7, 11) is 0. The lowest BCUT2D eigenvalue weighted by molar-refractivity contribution is -0.114. The van der Waals surface area contributed by atoms with Crippen molar-refractivity contribution in [1.29, 1.82) is 5.41 Å². The number of hydrogen-bond donors (Lipinski definition) is 1. The van der Waals surface area contributed by atoms with E-state index in [1.807, 2.05) is 31.2 Å². The molecule has 3 heterocycles. The Morgan fingerprint density at radius 3 is 2.69 bits per heavy atom. The number of thioether (sulfide) groups is 1. The summed E-state index contributed by atoms with van der Waals surface area (Å²) < 4.78 is 8.26. The maximum Gasteiger partial charge on any atom is 0.283 e. The first-order chi connectivity index (χ1) is 17.4. The second-order valence-corrected chi connectivity index (χ2v) is 10.1. The Morgan fingerprint density at radius 2 is 1.92 bits per heavy atom. The van der Waals surface area contributed by atoms with Crippen LogP contribution in [-0.2, 0) is 11.3 Å². The minimum absolute atomic E-state index is 0.0675. The fraction of sp³-hybridized carbons (Fsp3) is 0.286. The number of nitrogens with zero attached hydrogens (tertiary/aromatic N) is 4. The third-order valence-corrected chi connectivity index (χ3v) is 7.56. The van der Waals surface area contributed by atoms with E-state index in [1.54, 1.807) is 6.08 Å². The van der Waals surface area contributed by atoms with Crippen LogP contribution in [0.5, 0.6) is 5.75 Å². The third-order valence-electron chi connectivity index (χ3n) is 6.59. The number of aliphatic imine (C=N–C) groups is 1. The SMILES string of the molecule is CCCC1=NN2C(=N)/C(=C\c3c(C)n(CCOc4ccc(C)c(C)c4)c4ccccc34)C(=O)N=C2S1. The first-order valence-electron chi connectivity index (χ1n) is 12.1. The molecule has 0 saturated carbocycles. The van der Waals surface area contributed by atoms with Crippen molar-refractivity contribution in [2.24, 2.45) is 10.1 Å². The maximum absolute atomic E-state index is 12.9. The van der Waals surface area contributed by atoms with E-state index in [2.05, 4.69) is 53.6 Å². The van der Waals surface area contributed by atoms with Gasteiger partial charge in [0, 0.05) is 22.2 Å². The number of para-hydroxylation sites is 1. The first kappa shape index (κ1) is 24.1. The number of aryl methyl sites for hydroxylation is 2. The number of fused-ring (bicyclic) bond motifs is 2. The van der Waals surface area contributed by atoms with E-state index in [9.17, 15) is 4.79 Å². The summed E-state index contributed by atoms with van der Waals surface area (Å²) in [6, 6.07) is 14.2. The molecule has 184 valence electrons. The molecule has 0 spiro atoms. The summed E-state index contributed by atoms with van der Waals surface area (Å²) in [5, 5.41) is 17.1. The normalized spacial score (nSPS) is 16.6. The third kappa shape index (κ3) is 4.37. The Morgan fingerprint density at radius 1 is 1.11 bits per heavy atom. The Labute approximate surface area is 215 Å². The molecule has 7 nitrogen and oxygen atoms in total. The molecule has 0 radical (unpaired) electrons. The fourth-order valence-corrected chi connectivity index (χ4v) is 5.46. The van der Waals surface area contributed by atoms with Crippen LogP contribution in [0.2, 0.25) is 0 Å². The topological polar surface area (TPSA) is 83.0 Å². The Hall–Kier alpha value is -3.65. The standard InChI is InChI=1S/C28H29N5O2S/c1-5-8-25-31-33-26(29)23(27(34)30-28(33)36-25)16-22-19(4)32(24-10-7-6-9-21(22)24)13-14-35-20-12-11-17(2)18(3)15-20/h6-7,9-12,15-16,29H,5,8,13-14H2,1-4H3/b23-16+,29-26?. The highest BCUT2D eigenvalue weighted by Crippen LogP contribution is 2.32. The minimum Gasteiger partial charge on any atom is -0.492 e. The van der Waals surface area contributed by atoms with Gasteiger partial charge in [0.2, 0.25) is 5.17 Å². The first-order valence-corrected chi connectivity index (χ1v) is 13.0. The highest BCUT2D eigenvalue weighted by molar-refractivity contribution is 8.26. The largest absolute Gasteiger partial charge is 0.492 e. The molecule has 1 amide bonds. The molecule has 8 heteroatoms. The van der Waals surface area contributed by atoms with Crippen molar-refractivity contribution in [3.63, 3.8) is 0 Å². The number of benzene rings is 2. The van der Waals surface area contributed by atoms with Gasteiger partial charge < -0.3 is 9.30 Å². The minimum atomic E-state index is -0.402. The summed E-state index contributed by atoms with van der Waals surface area (Å²) in [6.45, 7) is 9.46. The van der Waals surface area contributed by atoms with Crippen LogP contribution in [0.3, 0.4) is 0 Å². The van der Waals surface area contributed by atoms with E-state index in [1.165, 1.54) is 27.9 Å². The maximum atomic E-state index is 12.9. The van der Waals surface area contributed by atoms with Crippen LogP contribution >= 0.6 is 11.8 Å². The number of hydrazone groups is 1. The van der Waals surface area contributed by atoms with Gasteiger partial charge in [-0.2, -0.15) is 15.1 Å². The highest BCUT2D eigenvalue weighted by Gasteiger charge is 2.35. The van der Waals surface area contributed by atoms with Crippen LogP contribution in [0, 0.1) is 26.2 Å². The Kier molecular flexibility index (Phi) is 6.53. The molecule has 0 aliphatic carbocycles. The van der Waals surface area contributed by atoms with E-state index in [0.29, 0.717) is 18.3 Å². The smallest absolute Gasteiger partial charge is 0.283 e. The number of carbonyl (C=O) groups is 1. The molecule has 0 saturated heterocycles. The van der Waals surface area contributed by atoms with Gasteiger partial charge in [-0.15, -0.1) is 0 Å². The molecule has 0 fully saturated rings. The van der Waals surface area contributed by atoms with Gasteiger partial charge in [0.15, 0.2) is 5.84 Å². The van der Waals surface area contributed by atoms with Gasteiger partial charge in [0.1, 0.15) is 17.4 Å². The van der Waals surface area contributed by atoms with Crippen molar-refractivity contribution in [1.82, 2.24) is 9.58 Å². The van der Waals surface area contributed by atoms with E-state index in [0.717, 1.165) is 45.8 Å². The van der Waals surface area contributed by atoms with Gasteiger partial charge in [-0.3, -0.25) is 10.2 Å². The number of carbonyl (C=O) groups excluding carboxylic acids is 1. The van der Waals surface area contributed by atoms with Gasteiger partial charge in [0.05, 0.1) is 12.1 Å². The lowest BCUT2D eigenvalue weighted by Crippen LogP contribution is -2.35. The lowest BCUT2D eigenvalue weighted by Gasteiger charge is -2.20. The number of amides is 1. The number of amidine groups is 2. The zero-order valence-electron chi connectivity index (χ0n) is 21.0. The number of rotatable bonds is 7. The second-order valence-electron chi connectivity index (χ2n) is 9.03. The van der Waals surface area contributed by atoms with Crippen LogP contribution in [0.1, 0.15) is 42.1 Å². The molecule has 5 rings (SSSR count). The average Bonchev–Trinajstić information content (AvgIpc) is 3.38. The molecule has 0 atom stereocenters. The fourth-order valence-electron chi connectivity index (χ4n) is 4.48. The predicted molar refractivity (Wildman–Crippen MR) is 148 cm³/mol. The molecular weight excluding hydrogens is 470 g/mol. The van der Waals surface area contributed by atoms with E-state index < -0.39 is 5.91 Å². The van der Waals surface area contributed by atoms with Gasteiger partial charge in [-0.1, -0.05) is 31.2 Å². The molecule has 0 bridgehead atoms. The number of nitrogens with one attached hydrogen (secondary N) is 1. The van der Waals surface area contributed by atoms with Crippen molar-refractivity contribution in [2.75, 3.05) is 6.61 Å². The van der Waals surface area contributed by atoms with E-state index >= 15 is 0 Å². The Bertz CT molecular complexity index is 1480. The zero-order chi connectivity index (χ0) is 25.4. The van der Waals surface area contributed by atoms with Crippen molar-refractivity contribution < 1.29 is 9.53 Å². The molecule has 2 aliphatic heterocycles. The number of aromatic nitrogens is 1. The van der Waals surface area contributed by atoms with Gasteiger partial charge in [-0.05, 0) is 80.8 Å². The van der Waals surface area contributed by atoms with Crippen LogP contribution in [0.4, 0.5) is 0 Å². The monoisotopic (exact) mass is 499 g/mol. The summed E-state index contributed by atoms with van der Waals surface area (Å²) in [4.78, 5) is 17.2. The van der Waals surface area contributed by atoms with Gasteiger partial charge in [-0.25, -0.2) is 0 Å². The van der Waals surface area contributed by atoms with Crippen molar-refractivity contribution in [3.05, 3.63) is 70.4 Å². The van der Waals surface area contributed by atoms with Gasteiger partial charge >= 0.3 is 0 Å². The molecule has 1 aromatic heterocycles. The molecular formula is C28H29N5O2S. The van der Waals surface area contributed by atoms with Crippen molar-refractivity contribution >= 4 is 50.7 Å². The molecule has 2 aromatic carbocycles. The number of ether oxygens (including phenoxy) is 1. The number of hydrogen-bond acceptors (Lipinski definition) is 5. The van der Waals surface area contributed by atoms with E-state index in [-0.39, 0.29) is 11.4 Å². The van der Waals surface area contributed by atoms with E-state index in [4.69, 9.17) is 10.1 Å². The lowest BCUT2D eigenvalue weighted by atomic mass is 10.1. The van der Waals surface area contributed by atoms with Gasteiger partial charge in [0.25, 0.3) is 5.91 Å². The summed E-state index contributed by atoms with van der Waals surface area (Å²) >= 11 is 1.37. The van der Waals surface area contributed by atoms with Crippen LogP contribution < -0.4 is 4.74 Å². The second kappa shape index (κ2) is 9.78. The van der Waals surface area contributed by atoms with Crippen molar-refractivity contribution in [3.8, 4) is 5.75 Å². The zero-order valence-corrected chi connectivity index (χ0v) is 21.8. The summed E-state index contributed by atoms with van der Waals surface area (Å²) in [6.07, 6.45) is 3.54. The van der Waals surface area contributed by atoms with Crippen LogP contribution in [0.15, 0.2) is 58.1 Å². The molecule has 0 unspecified atom stereocenters. The highest BCUT2D eigenvalue weighted by atomic mass is 32.2. The Balaban J connectivity index is 1.45. The van der Waals surface area contributed by atoms with Crippen LogP contribution in [-0.4, -0.2) is 38.1 Å². The van der Waals surface area contributed by atoms with Crippen molar-refractivity contribution in [2.45, 2.75) is 47.1 Å².